The van der Waals surface area contributed by atoms with Crippen LogP contribution in [-0.4, -0.2) is 33.2 Å². The molecule has 21 heavy (non-hydrogen) atoms. The van der Waals surface area contributed by atoms with Gasteiger partial charge in [0.25, 0.3) is 5.91 Å². The maximum absolute atomic E-state index is 12.2. The van der Waals surface area contributed by atoms with Crippen molar-refractivity contribution in [2.24, 2.45) is 0 Å². The van der Waals surface area contributed by atoms with Crippen molar-refractivity contribution in [1.82, 2.24) is 9.97 Å². The second-order valence-corrected chi connectivity index (χ2v) is 5.01. The smallest absolute Gasteiger partial charge is 0.358 e. The molecule has 0 aliphatic heterocycles. The summed E-state index contributed by atoms with van der Waals surface area (Å²) in [6.45, 7) is 0. The number of carbonyl (C=O) groups excluding carboxylic acids is 1. The predicted octanol–water partition coefficient (Wildman–Crippen LogP) is 2.29. The van der Waals surface area contributed by atoms with Gasteiger partial charge in [0.1, 0.15) is 0 Å². The third kappa shape index (κ3) is 3.79. The van der Waals surface area contributed by atoms with Crippen LogP contribution in [0, 0.1) is 0 Å². The van der Waals surface area contributed by atoms with Crippen LogP contribution in [0.1, 0.15) is 26.4 Å². The molecule has 1 aromatic heterocycles. The van der Waals surface area contributed by atoms with Crippen molar-refractivity contribution in [3.05, 3.63) is 53.5 Å². The van der Waals surface area contributed by atoms with Crippen LogP contribution < -0.4 is 5.32 Å². The number of benzene rings is 1. The van der Waals surface area contributed by atoms with Crippen LogP contribution in [0.5, 0.6) is 0 Å². The Labute approximate surface area is 125 Å². The third-order valence-electron chi connectivity index (χ3n) is 2.63. The molecule has 2 aromatic rings. The van der Waals surface area contributed by atoms with E-state index in [1.807, 2.05) is 12.3 Å². The first-order valence-corrected chi connectivity index (χ1v) is 7.44. The van der Waals surface area contributed by atoms with Gasteiger partial charge in [-0.25, -0.2) is 14.8 Å². The van der Waals surface area contributed by atoms with Gasteiger partial charge in [-0.1, -0.05) is 12.1 Å². The fraction of sp³-hybridized carbons (Fsp3) is 0.143. The van der Waals surface area contributed by atoms with Crippen molar-refractivity contribution in [2.75, 3.05) is 11.6 Å². The zero-order valence-electron chi connectivity index (χ0n) is 11.2. The van der Waals surface area contributed by atoms with Crippen molar-refractivity contribution in [3.63, 3.8) is 0 Å². The summed E-state index contributed by atoms with van der Waals surface area (Å²) in [7, 11) is 0. The number of rotatable bonds is 5. The summed E-state index contributed by atoms with van der Waals surface area (Å²) >= 11 is 1.65. The van der Waals surface area contributed by atoms with Crippen molar-refractivity contribution in [3.8, 4) is 0 Å². The first kappa shape index (κ1) is 15.0. The minimum absolute atomic E-state index is 0.0646. The molecule has 7 heteroatoms. The molecule has 0 atom stereocenters. The molecule has 1 heterocycles. The molecule has 1 aromatic carbocycles. The summed E-state index contributed by atoms with van der Waals surface area (Å²) in [5.41, 5.74) is 1.18. The first-order valence-electron chi connectivity index (χ1n) is 6.05. The van der Waals surface area contributed by atoms with E-state index in [2.05, 4.69) is 15.3 Å². The van der Waals surface area contributed by atoms with Crippen LogP contribution in [0.3, 0.4) is 0 Å². The van der Waals surface area contributed by atoms with Crippen LogP contribution in [0.2, 0.25) is 0 Å². The lowest BCUT2D eigenvalue weighted by molar-refractivity contribution is 0.0691. The lowest BCUT2D eigenvalue weighted by Crippen LogP contribution is -2.17. The highest BCUT2D eigenvalue weighted by Crippen LogP contribution is 2.14. The molecule has 2 rings (SSSR count). The standard InChI is InChI=1S/C14H13N3O3S/c1-21-8-9-3-2-4-10(7-9)13(18)17-12-11(14(19)20)15-5-6-16-12/h2-7H,8H2,1H3,(H,19,20)(H,16,17,18). The van der Waals surface area contributed by atoms with Crippen LogP contribution in [0.15, 0.2) is 36.7 Å². The van der Waals surface area contributed by atoms with Crippen LogP contribution in [0.4, 0.5) is 5.82 Å². The van der Waals surface area contributed by atoms with E-state index in [0.717, 1.165) is 11.3 Å². The molecule has 0 saturated carbocycles. The minimum Gasteiger partial charge on any atom is -0.476 e. The van der Waals surface area contributed by atoms with E-state index in [-0.39, 0.29) is 11.5 Å². The number of carbonyl (C=O) groups is 2. The lowest BCUT2D eigenvalue weighted by Gasteiger charge is -2.07. The Kier molecular flexibility index (Phi) is 4.89. The topological polar surface area (TPSA) is 92.2 Å². The summed E-state index contributed by atoms with van der Waals surface area (Å²) in [6.07, 6.45) is 4.57. The number of aromatic nitrogens is 2. The van der Waals surface area contributed by atoms with Gasteiger partial charge >= 0.3 is 5.97 Å². The van der Waals surface area contributed by atoms with Gasteiger partial charge in [0, 0.05) is 23.7 Å². The van der Waals surface area contributed by atoms with Gasteiger partial charge in [0.05, 0.1) is 0 Å². The molecule has 0 fully saturated rings. The predicted molar refractivity (Wildman–Crippen MR) is 80.6 cm³/mol. The zero-order valence-corrected chi connectivity index (χ0v) is 12.1. The molecule has 6 nitrogen and oxygen atoms in total. The van der Waals surface area contributed by atoms with Gasteiger partial charge in [-0.15, -0.1) is 0 Å². The number of amides is 1. The van der Waals surface area contributed by atoms with E-state index >= 15 is 0 Å². The highest BCUT2D eigenvalue weighted by molar-refractivity contribution is 7.97. The third-order valence-corrected chi connectivity index (χ3v) is 3.25. The van der Waals surface area contributed by atoms with Gasteiger partial charge in [-0.3, -0.25) is 4.79 Å². The van der Waals surface area contributed by atoms with Gasteiger partial charge < -0.3 is 10.4 Å². The molecule has 0 bridgehead atoms. The van der Waals surface area contributed by atoms with Crippen molar-refractivity contribution >= 4 is 29.5 Å². The van der Waals surface area contributed by atoms with Crippen LogP contribution in [-0.2, 0) is 5.75 Å². The Morgan fingerprint density at radius 3 is 2.76 bits per heavy atom. The van der Waals surface area contributed by atoms with Gasteiger partial charge in [0.15, 0.2) is 11.5 Å². The van der Waals surface area contributed by atoms with E-state index in [4.69, 9.17) is 5.11 Å². The molecule has 0 aliphatic rings. The van der Waals surface area contributed by atoms with Gasteiger partial charge in [-0.05, 0) is 24.0 Å². The number of nitrogens with zero attached hydrogens (tertiary/aromatic N) is 2. The minimum atomic E-state index is -1.24. The first-order chi connectivity index (χ1) is 10.1. The summed E-state index contributed by atoms with van der Waals surface area (Å²) in [5.74, 6) is -0.923. The summed E-state index contributed by atoms with van der Waals surface area (Å²) in [4.78, 5) is 30.7. The SMILES string of the molecule is CSCc1cccc(C(=O)Nc2nccnc2C(=O)O)c1. The molecular weight excluding hydrogens is 290 g/mol. The number of hydrogen-bond acceptors (Lipinski definition) is 5. The molecule has 0 aliphatic carbocycles. The number of nitrogens with one attached hydrogen (secondary N) is 1. The highest BCUT2D eigenvalue weighted by Gasteiger charge is 2.16. The molecule has 108 valence electrons. The van der Waals surface area contributed by atoms with E-state index in [1.54, 1.807) is 30.0 Å². The molecule has 0 spiro atoms. The molecular formula is C14H13N3O3S. The van der Waals surface area contributed by atoms with Gasteiger partial charge in [0.2, 0.25) is 0 Å². The zero-order chi connectivity index (χ0) is 15.2. The largest absolute Gasteiger partial charge is 0.476 e. The maximum Gasteiger partial charge on any atom is 0.358 e. The summed E-state index contributed by atoms with van der Waals surface area (Å²) in [5, 5.41) is 11.5. The number of hydrogen-bond donors (Lipinski definition) is 2. The molecule has 2 N–H and O–H groups in total. The number of anilines is 1. The number of aromatic carboxylic acids is 1. The fourth-order valence-corrected chi connectivity index (χ4v) is 2.25. The summed E-state index contributed by atoms with van der Waals surface area (Å²) in [6, 6.07) is 7.14. The number of carboxylic acid groups (broad SMARTS) is 1. The Bertz CT molecular complexity index is 676. The van der Waals surface area contributed by atoms with Crippen molar-refractivity contribution in [2.45, 2.75) is 5.75 Å². The Balaban J connectivity index is 2.22. The summed E-state index contributed by atoms with van der Waals surface area (Å²) < 4.78 is 0. The van der Waals surface area contributed by atoms with Gasteiger partial charge in [-0.2, -0.15) is 11.8 Å². The van der Waals surface area contributed by atoms with E-state index in [1.165, 1.54) is 12.4 Å². The second kappa shape index (κ2) is 6.85. The normalized spacial score (nSPS) is 10.1. The molecule has 0 unspecified atom stereocenters. The molecule has 0 radical (unpaired) electrons. The lowest BCUT2D eigenvalue weighted by atomic mass is 10.1. The fourth-order valence-electron chi connectivity index (χ4n) is 1.73. The highest BCUT2D eigenvalue weighted by atomic mass is 32.2. The van der Waals surface area contributed by atoms with Crippen LogP contribution in [0.25, 0.3) is 0 Å². The van der Waals surface area contributed by atoms with E-state index in [0.29, 0.717) is 5.56 Å². The maximum atomic E-state index is 12.2. The average Bonchev–Trinajstić information content (AvgIpc) is 2.48. The Hall–Kier alpha value is -2.41. The van der Waals surface area contributed by atoms with Crippen molar-refractivity contribution in [1.29, 1.82) is 0 Å². The number of carboxylic acids is 1. The van der Waals surface area contributed by atoms with E-state index < -0.39 is 11.9 Å². The Morgan fingerprint density at radius 2 is 2.05 bits per heavy atom. The van der Waals surface area contributed by atoms with Crippen LogP contribution >= 0.6 is 11.8 Å². The monoisotopic (exact) mass is 303 g/mol. The second-order valence-electron chi connectivity index (χ2n) is 4.15. The quantitative estimate of drug-likeness (QED) is 0.880. The molecule has 1 amide bonds. The van der Waals surface area contributed by atoms with E-state index in [9.17, 15) is 9.59 Å². The van der Waals surface area contributed by atoms with Crippen molar-refractivity contribution < 1.29 is 14.7 Å². The molecule has 0 saturated heterocycles. The Morgan fingerprint density at radius 1 is 1.29 bits per heavy atom. The number of thioether (sulfide) groups is 1. The average molecular weight is 303 g/mol.